The Kier molecular flexibility index (Phi) is 5.64. The van der Waals surface area contributed by atoms with Crippen molar-refractivity contribution in [3.8, 4) is 0 Å². The van der Waals surface area contributed by atoms with Crippen molar-refractivity contribution in [2.75, 3.05) is 4.90 Å². The third-order valence-corrected chi connectivity index (χ3v) is 4.34. The minimum absolute atomic E-state index is 0.127. The van der Waals surface area contributed by atoms with Crippen molar-refractivity contribution in [3.05, 3.63) is 66.5 Å². The first-order valence-electron chi connectivity index (χ1n) is 8.66. The number of hydrogen-bond acceptors (Lipinski definition) is 7. The van der Waals surface area contributed by atoms with Crippen molar-refractivity contribution in [2.24, 2.45) is 5.73 Å². The summed E-state index contributed by atoms with van der Waals surface area (Å²) < 4.78 is 0. The molecule has 2 unspecified atom stereocenters. The summed E-state index contributed by atoms with van der Waals surface area (Å²) in [6.45, 7) is 1.89. The largest absolute Gasteiger partial charge is 0.369 e. The van der Waals surface area contributed by atoms with Crippen LogP contribution in [0.3, 0.4) is 0 Å². The van der Waals surface area contributed by atoms with E-state index in [2.05, 4.69) is 20.6 Å². The number of nitrogens with one attached hydrogen (secondary N) is 2. The van der Waals surface area contributed by atoms with E-state index in [4.69, 9.17) is 5.73 Å². The zero-order valence-corrected chi connectivity index (χ0v) is 15.2. The highest BCUT2D eigenvalue weighted by atomic mass is 16.2. The fourth-order valence-electron chi connectivity index (χ4n) is 2.96. The number of primary amides is 1. The van der Waals surface area contributed by atoms with Gasteiger partial charge in [0.05, 0.1) is 0 Å². The van der Waals surface area contributed by atoms with E-state index >= 15 is 0 Å². The second-order valence-electron chi connectivity index (χ2n) is 6.26. The SMILES string of the molecule is CC1NC=C(C(=O)NC(Cc2ccncc2)C(=O)C(N)=O)N1c1ccncc1. The molecule has 3 heterocycles. The maximum absolute atomic E-state index is 12.9. The number of carbonyl (C=O) groups is 3. The maximum atomic E-state index is 12.9. The Morgan fingerprint density at radius 2 is 1.75 bits per heavy atom. The summed E-state index contributed by atoms with van der Waals surface area (Å²) in [5.74, 6) is -2.46. The predicted molar refractivity (Wildman–Crippen MR) is 101 cm³/mol. The summed E-state index contributed by atoms with van der Waals surface area (Å²) in [5, 5.41) is 5.71. The molecule has 3 rings (SSSR count). The van der Waals surface area contributed by atoms with Gasteiger partial charge in [-0.3, -0.25) is 24.4 Å². The van der Waals surface area contributed by atoms with Crippen molar-refractivity contribution in [2.45, 2.75) is 25.6 Å². The first-order chi connectivity index (χ1) is 13.5. The number of rotatable bonds is 7. The average Bonchev–Trinajstić information content (AvgIpc) is 3.09. The molecule has 0 aromatic carbocycles. The second kappa shape index (κ2) is 8.30. The fraction of sp³-hybridized carbons (Fsp3) is 0.211. The molecule has 9 nitrogen and oxygen atoms in total. The van der Waals surface area contributed by atoms with Crippen molar-refractivity contribution >= 4 is 23.3 Å². The minimum atomic E-state index is -1.10. The normalized spacial score (nSPS) is 16.7. The number of ketones is 1. The third-order valence-electron chi connectivity index (χ3n) is 4.34. The molecule has 1 aliphatic heterocycles. The van der Waals surface area contributed by atoms with Crippen molar-refractivity contribution in [1.29, 1.82) is 0 Å². The number of hydrogen-bond donors (Lipinski definition) is 3. The lowest BCUT2D eigenvalue weighted by atomic mass is 10.0. The van der Waals surface area contributed by atoms with Crippen molar-refractivity contribution < 1.29 is 14.4 Å². The molecule has 9 heteroatoms. The van der Waals surface area contributed by atoms with Gasteiger partial charge in [-0.05, 0) is 36.8 Å². The van der Waals surface area contributed by atoms with Crippen LogP contribution in [0.5, 0.6) is 0 Å². The summed E-state index contributed by atoms with van der Waals surface area (Å²) in [4.78, 5) is 46.3. The van der Waals surface area contributed by atoms with E-state index in [0.717, 1.165) is 11.3 Å². The van der Waals surface area contributed by atoms with Crippen LogP contribution in [-0.2, 0) is 20.8 Å². The van der Waals surface area contributed by atoms with Crippen LogP contribution in [0.4, 0.5) is 5.69 Å². The Labute approximate surface area is 161 Å². The predicted octanol–water partition coefficient (Wildman–Crippen LogP) is -0.144. The second-order valence-corrected chi connectivity index (χ2v) is 6.26. The molecular weight excluding hydrogens is 360 g/mol. The van der Waals surface area contributed by atoms with Crippen LogP contribution in [-0.4, -0.2) is 39.8 Å². The molecule has 0 saturated heterocycles. The molecule has 2 aromatic heterocycles. The highest BCUT2D eigenvalue weighted by molar-refractivity contribution is 6.38. The highest BCUT2D eigenvalue weighted by Crippen LogP contribution is 2.24. The molecule has 4 N–H and O–H groups in total. The van der Waals surface area contributed by atoms with Gasteiger partial charge < -0.3 is 21.3 Å². The molecule has 0 bridgehead atoms. The summed E-state index contributed by atoms with van der Waals surface area (Å²) in [7, 11) is 0. The molecule has 1 aliphatic rings. The van der Waals surface area contributed by atoms with Gasteiger partial charge in [0.25, 0.3) is 11.8 Å². The Morgan fingerprint density at radius 3 is 2.36 bits per heavy atom. The molecule has 0 saturated carbocycles. The standard InChI is InChI=1S/C19H20N6O3/c1-12-23-11-16(25(12)14-4-8-22-9-5-14)19(28)24-15(17(26)18(20)27)10-13-2-6-21-7-3-13/h2-9,11-12,15,23H,10H2,1H3,(H2,20,27)(H,24,28). The molecular formula is C19H20N6O3. The number of nitrogens with two attached hydrogens (primary N) is 1. The molecule has 0 fully saturated rings. The summed E-state index contributed by atoms with van der Waals surface area (Å²) >= 11 is 0. The zero-order chi connectivity index (χ0) is 20.1. The number of aromatic nitrogens is 2. The number of carbonyl (C=O) groups excluding carboxylic acids is 3. The Hall–Kier alpha value is -3.75. The lowest BCUT2D eigenvalue weighted by Crippen LogP contribution is -2.49. The lowest BCUT2D eigenvalue weighted by Gasteiger charge is -2.27. The van der Waals surface area contributed by atoms with Gasteiger partial charge in [0.2, 0.25) is 5.78 Å². The number of amides is 2. The Balaban J connectivity index is 1.81. The topological polar surface area (TPSA) is 130 Å². The van der Waals surface area contributed by atoms with E-state index in [9.17, 15) is 14.4 Å². The van der Waals surface area contributed by atoms with E-state index in [-0.39, 0.29) is 12.6 Å². The number of anilines is 1. The van der Waals surface area contributed by atoms with Crippen LogP contribution in [0.1, 0.15) is 12.5 Å². The number of nitrogens with zero attached hydrogens (tertiary/aromatic N) is 3. The average molecular weight is 380 g/mol. The summed E-state index contributed by atoms with van der Waals surface area (Å²) in [5.41, 5.74) is 6.99. The Bertz CT molecular complexity index is 900. The van der Waals surface area contributed by atoms with Gasteiger partial charge in [0, 0.05) is 43.1 Å². The monoisotopic (exact) mass is 380 g/mol. The molecule has 0 radical (unpaired) electrons. The van der Waals surface area contributed by atoms with Gasteiger partial charge in [-0.2, -0.15) is 0 Å². The number of pyridine rings is 2. The van der Waals surface area contributed by atoms with Gasteiger partial charge in [-0.15, -0.1) is 0 Å². The molecule has 2 atom stereocenters. The van der Waals surface area contributed by atoms with Crippen LogP contribution in [0.25, 0.3) is 0 Å². The molecule has 28 heavy (non-hydrogen) atoms. The highest BCUT2D eigenvalue weighted by Gasteiger charge is 2.32. The van der Waals surface area contributed by atoms with Gasteiger partial charge >= 0.3 is 0 Å². The van der Waals surface area contributed by atoms with Crippen LogP contribution in [0.15, 0.2) is 60.9 Å². The lowest BCUT2D eigenvalue weighted by molar-refractivity contribution is -0.138. The van der Waals surface area contributed by atoms with Gasteiger partial charge in [0.1, 0.15) is 17.9 Å². The Morgan fingerprint density at radius 1 is 1.14 bits per heavy atom. The molecule has 2 aromatic rings. The van der Waals surface area contributed by atoms with E-state index in [1.54, 1.807) is 60.2 Å². The number of Topliss-reactive ketones (excluding diaryl/α,β-unsaturated/α-hetero) is 1. The third kappa shape index (κ3) is 4.14. The van der Waals surface area contributed by atoms with Crippen LogP contribution in [0.2, 0.25) is 0 Å². The van der Waals surface area contributed by atoms with Crippen LogP contribution < -0.4 is 21.3 Å². The molecule has 0 spiro atoms. The van der Waals surface area contributed by atoms with Crippen molar-refractivity contribution in [1.82, 2.24) is 20.6 Å². The van der Waals surface area contributed by atoms with Gasteiger partial charge in [-0.25, -0.2) is 0 Å². The van der Waals surface area contributed by atoms with Crippen molar-refractivity contribution in [3.63, 3.8) is 0 Å². The van der Waals surface area contributed by atoms with Crippen LogP contribution in [0, 0.1) is 0 Å². The van der Waals surface area contributed by atoms with E-state index in [1.807, 2.05) is 6.92 Å². The maximum Gasteiger partial charge on any atom is 0.287 e. The molecule has 144 valence electrons. The smallest absolute Gasteiger partial charge is 0.287 e. The summed E-state index contributed by atoms with van der Waals surface area (Å²) in [6.07, 6.45) is 7.91. The molecule has 2 amide bonds. The first kappa shape index (κ1) is 19.0. The fourth-order valence-corrected chi connectivity index (χ4v) is 2.96. The zero-order valence-electron chi connectivity index (χ0n) is 15.2. The molecule has 0 aliphatic carbocycles. The van der Waals surface area contributed by atoms with E-state index < -0.39 is 23.6 Å². The summed E-state index contributed by atoms with van der Waals surface area (Å²) in [6, 6.07) is 5.87. The quantitative estimate of drug-likeness (QED) is 0.570. The minimum Gasteiger partial charge on any atom is -0.369 e. The van der Waals surface area contributed by atoms with Gasteiger partial charge in [0.15, 0.2) is 0 Å². The van der Waals surface area contributed by atoms with Gasteiger partial charge in [-0.1, -0.05) is 0 Å². The van der Waals surface area contributed by atoms with E-state index in [1.165, 1.54) is 0 Å². The first-order valence-corrected chi connectivity index (χ1v) is 8.66. The van der Waals surface area contributed by atoms with E-state index in [0.29, 0.717) is 5.70 Å². The van der Waals surface area contributed by atoms with Crippen LogP contribution >= 0.6 is 0 Å².